The number of hydrogen-bond donors (Lipinski definition) is 1. The van der Waals surface area contributed by atoms with Crippen molar-refractivity contribution in [3.05, 3.63) is 11.1 Å². The van der Waals surface area contributed by atoms with Crippen LogP contribution in [-0.4, -0.2) is 26.0 Å². The van der Waals surface area contributed by atoms with E-state index in [0.717, 1.165) is 0 Å². The first-order valence-electron chi connectivity index (χ1n) is 4.82. The average molecular weight is 214 g/mol. The van der Waals surface area contributed by atoms with Gasteiger partial charge in [0.15, 0.2) is 0 Å². The van der Waals surface area contributed by atoms with Crippen molar-refractivity contribution in [1.29, 1.82) is 0 Å². The van der Waals surface area contributed by atoms with E-state index < -0.39 is 9.84 Å². The number of nitrogens with one attached hydrogen (secondary N) is 1. The van der Waals surface area contributed by atoms with Crippen LogP contribution >= 0.6 is 0 Å². The predicted octanol–water partition coefficient (Wildman–Crippen LogP) is 0.817. The zero-order valence-corrected chi connectivity index (χ0v) is 8.97. The summed E-state index contributed by atoms with van der Waals surface area (Å²) in [5.74, 6) is 0. The van der Waals surface area contributed by atoms with Crippen LogP contribution in [0.3, 0.4) is 0 Å². The molecule has 4 nitrogen and oxygen atoms in total. The van der Waals surface area contributed by atoms with Gasteiger partial charge >= 0.3 is 0 Å². The lowest BCUT2D eigenvalue weighted by atomic mass is 9.93. The molecule has 14 heavy (non-hydrogen) atoms. The zero-order valence-electron chi connectivity index (χ0n) is 8.16. The zero-order chi connectivity index (χ0) is 10.2. The van der Waals surface area contributed by atoms with Crippen LogP contribution in [0, 0.1) is 0 Å². The Bertz CT molecular complexity index is 391. The summed E-state index contributed by atoms with van der Waals surface area (Å²) in [4.78, 5) is 4.00. The summed E-state index contributed by atoms with van der Waals surface area (Å²) in [6.45, 7) is 2.10. The summed E-state index contributed by atoms with van der Waals surface area (Å²) in [5, 5.41) is 4.75. The van der Waals surface area contributed by atoms with Crippen molar-refractivity contribution >= 4 is 14.9 Å². The minimum Gasteiger partial charge on any atom is -0.308 e. The molecule has 0 amide bonds. The minimum atomic E-state index is -3.16. The Morgan fingerprint density at radius 2 is 2.29 bits per heavy atom. The highest BCUT2D eigenvalue weighted by Crippen LogP contribution is 2.19. The van der Waals surface area contributed by atoms with Crippen LogP contribution < -0.4 is 5.32 Å². The fourth-order valence-corrected chi connectivity index (χ4v) is 2.41. The maximum atomic E-state index is 11.3. The van der Waals surface area contributed by atoms with Crippen molar-refractivity contribution in [1.82, 2.24) is 5.32 Å². The maximum absolute atomic E-state index is 11.3. The molecule has 1 saturated carbocycles. The second-order valence-electron chi connectivity index (χ2n) is 3.79. The van der Waals surface area contributed by atoms with Crippen molar-refractivity contribution in [2.24, 2.45) is 4.99 Å². The number of rotatable bonds is 3. The van der Waals surface area contributed by atoms with Gasteiger partial charge in [0.2, 0.25) is 9.84 Å². The van der Waals surface area contributed by atoms with E-state index >= 15 is 0 Å². The van der Waals surface area contributed by atoms with E-state index in [0.29, 0.717) is 18.3 Å². The largest absolute Gasteiger partial charge is 0.308 e. The van der Waals surface area contributed by atoms with Crippen molar-refractivity contribution in [3.8, 4) is 0 Å². The third kappa shape index (κ3) is 1.88. The van der Waals surface area contributed by atoms with Crippen molar-refractivity contribution in [3.63, 3.8) is 0 Å². The molecule has 0 aromatic carbocycles. The van der Waals surface area contributed by atoms with Gasteiger partial charge in [-0.15, -0.1) is 0 Å². The Balaban J connectivity index is 1.94. The fourth-order valence-electron chi connectivity index (χ4n) is 1.50. The summed E-state index contributed by atoms with van der Waals surface area (Å²) in [6, 6.07) is 0.565. The van der Waals surface area contributed by atoms with Gasteiger partial charge in [-0.25, -0.2) is 13.4 Å². The first kappa shape index (κ1) is 9.86. The molecule has 0 aromatic heterocycles. The van der Waals surface area contributed by atoms with Gasteiger partial charge in [-0.3, -0.25) is 0 Å². The Hall–Kier alpha value is -0.680. The molecule has 0 unspecified atom stereocenters. The molecule has 1 aliphatic carbocycles. The normalized spacial score (nSPS) is 25.5. The van der Waals surface area contributed by atoms with Crippen LogP contribution in [-0.2, 0) is 9.84 Å². The maximum Gasteiger partial charge on any atom is 0.214 e. The minimum absolute atomic E-state index is 0.211. The monoisotopic (exact) mass is 214 g/mol. The fraction of sp³-hybridized carbons (Fsp3) is 0.667. The summed E-state index contributed by atoms with van der Waals surface area (Å²) >= 11 is 0. The first-order valence-corrected chi connectivity index (χ1v) is 6.37. The quantitative estimate of drug-likeness (QED) is 0.756. The second kappa shape index (κ2) is 3.47. The molecular weight excluding hydrogens is 200 g/mol. The molecule has 1 heterocycles. The standard InChI is InChI=1S/C9H14N2O2S/c1-7-11-9(6-14(7,12)13)5-10-8-3-2-4-8/h6,8,10H,2-5H2,1H3. The van der Waals surface area contributed by atoms with Gasteiger partial charge in [0.1, 0.15) is 5.04 Å². The average Bonchev–Trinajstić information content (AvgIpc) is 2.23. The highest BCUT2D eigenvalue weighted by atomic mass is 32.2. The van der Waals surface area contributed by atoms with Crippen LogP contribution in [0.4, 0.5) is 0 Å². The molecule has 0 aromatic rings. The van der Waals surface area contributed by atoms with Gasteiger partial charge < -0.3 is 5.32 Å². The van der Waals surface area contributed by atoms with Crippen LogP contribution in [0.15, 0.2) is 16.1 Å². The van der Waals surface area contributed by atoms with E-state index in [1.807, 2.05) is 0 Å². The predicted molar refractivity (Wildman–Crippen MR) is 55.8 cm³/mol. The van der Waals surface area contributed by atoms with E-state index in [1.165, 1.54) is 31.6 Å². The number of aliphatic imine (C=N–C) groups is 1. The Labute approximate surface area is 84.0 Å². The highest BCUT2D eigenvalue weighted by Gasteiger charge is 2.22. The number of sulfone groups is 1. The summed E-state index contributed by atoms with van der Waals surface area (Å²) in [5.41, 5.74) is 0.634. The smallest absolute Gasteiger partial charge is 0.214 e. The highest BCUT2D eigenvalue weighted by molar-refractivity contribution is 8.09. The molecule has 0 bridgehead atoms. The second-order valence-corrected chi connectivity index (χ2v) is 5.71. The van der Waals surface area contributed by atoms with Gasteiger partial charge in [-0.1, -0.05) is 6.42 Å². The van der Waals surface area contributed by atoms with Crippen LogP contribution in [0.25, 0.3) is 0 Å². The SMILES string of the molecule is CC1=NC(CNC2CCC2)=CS1(=O)=O. The third-order valence-electron chi connectivity index (χ3n) is 2.68. The number of hydrogen-bond acceptors (Lipinski definition) is 4. The molecule has 78 valence electrons. The summed E-state index contributed by atoms with van der Waals surface area (Å²) in [7, 11) is -3.16. The van der Waals surface area contributed by atoms with Crippen molar-refractivity contribution < 1.29 is 8.42 Å². The Kier molecular flexibility index (Phi) is 2.45. The van der Waals surface area contributed by atoms with Gasteiger partial charge in [-0.2, -0.15) is 0 Å². The van der Waals surface area contributed by atoms with E-state index in [-0.39, 0.29) is 5.04 Å². The van der Waals surface area contributed by atoms with Crippen molar-refractivity contribution in [2.45, 2.75) is 32.2 Å². The van der Waals surface area contributed by atoms with Gasteiger partial charge in [0, 0.05) is 12.6 Å². The molecule has 5 heteroatoms. The first-order chi connectivity index (χ1) is 6.58. The molecule has 2 aliphatic rings. The third-order valence-corrected chi connectivity index (χ3v) is 4.18. The molecule has 1 aliphatic heterocycles. The van der Waals surface area contributed by atoms with Gasteiger partial charge in [-0.05, 0) is 19.8 Å². The molecule has 0 radical (unpaired) electrons. The molecule has 1 fully saturated rings. The molecule has 0 spiro atoms. The molecule has 0 atom stereocenters. The van der Waals surface area contributed by atoms with Crippen LogP contribution in [0.2, 0.25) is 0 Å². The van der Waals surface area contributed by atoms with Gasteiger partial charge in [0.05, 0.1) is 11.1 Å². The topological polar surface area (TPSA) is 58.5 Å². The summed E-state index contributed by atoms with van der Waals surface area (Å²) < 4.78 is 22.5. The Morgan fingerprint density at radius 1 is 1.57 bits per heavy atom. The lowest BCUT2D eigenvalue weighted by Crippen LogP contribution is -2.35. The summed E-state index contributed by atoms with van der Waals surface area (Å²) in [6.07, 6.45) is 3.67. The van der Waals surface area contributed by atoms with Crippen molar-refractivity contribution in [2.75, 3.05) is 6.54 Å². The lowest BCUT2D eigenvalue weighted by Gasteiger charge is -2.26. The number of nitrogens with zero attached hydrogens (tertiary/aromatic N) is 1. The van der Waals surface area contributed by atoms with E-state index in [2.05, 4.69) is 10.3 Å². The van der Waals surface area contributed by atoms with Crippen LogP contribution in [0.1, 0.15) is 26.2 Å². The van der Waals surface area contributed by atoms with E-state index in [9.17, 15) is 8.42 Å². The molecular formula is C9H14N2O2S. The van der Waals surface area contributed by atoms with Gasteiger partial charge in [0.25, 0.3) is 0 Å². The molecule has 1 N–H and O–H groups in total. The van der Waals surface area contributed by atoms with Crippen LogP contribution in [0.5, 0.6) is 0 Å². The molecule has 0 saturated heterocycles. The Morgan fingerprint density at radius 3 is 2.71 bits per heavy atom. The van der Waals surface area contributed by atoms with E-state index in [1.54, 1.807) is 0 Å². The van der Waals surface area contributed by atoms with E-state index in [4.69, 9.17) is 0 Å². The molecule has 2 rings (SSSR count). The lowest BCUT2D eigenvalue weighted by molar-refractivity contribution is 0.349.